The maximum atomic E-state index is 13.4. The van der Waals surface area contributed by atoms with Crippen LogP contribution in [0.2, 0.25) is 0 Å². The number of benzene rings is 2. The van der Waals surface area contributed by atoms with Crippen LogP contribution in [-0.4, -0.2) is 18.1 Å². The molecule has 0 aliphatic carbocycles. The molecule has 1 aliphatic heterocycles. The largest absolute Gasteiger partial charge is 0.496 e. The predicted octanol–water partition coefficient (Wildman–Crippen LogP) is 4.45. The molecule has 0 amide bonds. The summed E-state index contributed by atoms with van der Waals surface area (Å²) in [6.45, 7) is 5.76. The van der Waals surface area contributed by atoms with Gasteiger partial charge in [-0.3, -0.25) is 4.79 Å². The van der Waals surface area contributed by atoms with Gasteiger partial charge in [0.2, 0.25) is 0 Å². The maximum Gasteiger partial charge on any atom is 0.337 e. The van der Waals surface area contributed by atoms with Crippen molar-refractivity contribution in [2.24, 2.45) is 0 Å². The fraction of sp³-hybridized carbons (Fsp3) is 0.222. The second-order valence-corrected chi connectivity index (χ2v) is 8.32. The van der Waals surface area contributed by atoms with E-state index in [-0.39, 0.29) is 12.2 Å². The molecule has 2 N–H and O–H groups in total. The van der Waals surface area contributed by atoms with E-state index in [0.29, 0.717) is 39.4 Å². The molecule has 0 radical (unpaired) electrons. The molecule has 0 bridgehead atoms. The molecule has 2 aromatic carbocycles. The highest BCUT2D eigenvalue weighted by molar-refractivity contribution is 5.95. The first kappa shape index (κ1) is 22.9. The fourth-order valence-corrected chi connectivity index (χ4v) is 4.22. The summed E-state index contributed by atoms with van der Waals surface area (Å²) in [5.41, 5.74) is 5.46. The zero-order valence-corrected chi connectivity index (χ0v) is 19.5. The number of carbonyl (C=O) groups excluding carboxylic acids is 1. The first-order valence-electron chi connectivity index (χ1n) is 10.8. The summed E-state index contributed by atoms with van der Waals surface area (Å²) >= 11 is 0. The fourth-order valence-electron chi connectivity index (χ4n) is 4.22. The molecule has 1 aliphatic rings. The normalized spacial score (nSPS) is 14.6. The first-order chi connectivity index (χ1) is 16.3. The summed E-state index contributed by atoms with van der Waals surface area (Å²) in [5, 5.41) is 12.6. The summed E-state index contributed by atoms with van der Waals surface area (Å²) in [6, 6.07) is 14.8. The third-order valence-corrected chi connectivity index (χ3v) is 6.01. The van der Waals surface area contributed by atoms with E-state index in [2.05, 4.69) is 16.4 Å². The van der Waals surface area contributed by atoms with Crippen molar-refractivity contribution >= 4 is 11.7 Å². The van der Waals surface area contributed by atoms with Gasteiger partial charge in [-0.15, -0.1) is 0 Å². The van der Waals surface area contributed by atoms with Gasteiger partial charge in [0.15, 0.2) is 0 Å². The quantitative estimate of drug-likeness (QED) is 0.551. The Hall–Kier alpha value is -4.31. The molecule has 0 fully saturated rings. The first-order valence-corrected chi connectivity index (χ1v) is 10.8. The molecule has 0 saturated heterocycles. The highest BCUT2D eigenvalue weighted by Crippen LogP contribution is 2.44. The molecule has 3 aromatic rings. The number of methoxy groups -OCH3 is 1. The number of rotatable bonds is 5. The maximum absolute atomic E-state index is 13.4. The van der Waals surface area contributed by atoms with Crippen molar-refractivity contribution in [3.05, 3.63) is 104 Å². The molecule has 1 aromatic heterocycles. The number of aromatic amines is 1. The number of anilines is 1. The van der Waals surface area contributed by atoms with Gasteiger partial charge < -0.3 is 19.8 Å². The second-order valence-electron chi connectivity index (χ2n) is 8.32. The Morgan fingerprint density at radius 3 is 2.53 bits per heavy atom. The molecule has 0 unspecified atom stereocenters. The topological polar surface area (TPSA) is 104 Å². The van der Waals surface area contributed by atoms with Crippen molar-refractivity contribution in [2.45, 2.75) is 33.3 Å². The van der Waals surface area contributed by atoms with E-state index in [1.807, 2.05) is 38.1 Å². The van der Waals surface area contributed by atoms with Crippen molar-refractivity contribution in [1.82, 2.24) is 4.98 Å². The molecule has 2 heterocycles. The zero-order valence-electron chi connectivity index (χ0n) is 19.5. The standard InChI is InChI=1S/C27H25N3O4/c1-15-5-7-18(8-6-15)14-34-27(32)22-17(3)30-25-16(2)13-29-26(31)24(25)23(22)20-10-9-19(12-28)11-21(20)33-4/h5-11,13,23,30H,14H2,1-4H3,(H,29,31)/t23-/m0/s1. The van der Waals surface area contributed by atoms with Crippen molar-refractivity contribution in [3.63, 3.8) is 0 Å². The third kappa shape index (κ3) is 4.18. The van der Waals surface area contributed by atoms with E-state index in [1.165, 1.54) is 7.11 Å². The number of nitriles is 1. The number of aromatic nitrogens is 1. The molecule has 172 valence electrons. The number of fused-ring (bicyclic) bond motifs is 1. The molecule has 7 heteroatoms. The van der Waals surface area contributed by atoms with E-state index in [4.69, 9.17) is 9.47 Å². The van der Waals surface area contributed by atoms with Crippen LogP contribution in [0.3, 0.4) is 0 Å². The Balaban J connectivity index is 1.83. The number of esters is 1. The zero-order chi connectivity index (χ0) is 24.4. The SMILES string of the molecule is COc1cc(C#N)ccc1[C@H]1C(C(=O)OCc2ccc(C)cc2)=C(C)Nc2c(C)c[nH]c(=O)c21. The average molecular weight is 456 g/mol. The Labute approximate surface area is 197 Å². The van der Waals surface area contributed by atoms with Crippen LogP contribution in [0.4, 0.5) is 5.69 Å². The average Bonchev–Trinajstić information content (AvgIpc) is 2.84. The predicted molar refractivity (Wildman–Crippen MR) is 129 cm³/mol. The number of hydrogen-bond donors (Lipinski definition) is 2. The monoisotopic (exact) mass is 455 g/mol. The highest BCUT2D eigenvalue weighted by Gasteiger charge is 2.37. The lowest BCUT2D eigenvalue weighted by atomic mass is 9.80. The minimum absolute atomic E-state index is 0.101. The van der Waals surface area contributed by atoms with Crippen LogP contribution in [0.1, 0.15) is 46.2 Å². The molecular formula is C27H25N3O4. The van der Waals surface area contributed by atoms with Gasteiger partial charge in [0.1, 0.15) is 12.4 Å². The Kier molecular flexibility index (Phi) is 6.24. The van der Waals surface area contributed by atoms with Crippen molar-refractivity contribution in [2.75, 3.05) is 12.4 Å². The minimum atomic E-state index is -0.742. The Morgan fingerprint density at radius 2 is 1.85 bits per heavy atom. The Bertz CT molecular complexity index is 1390. The molecule has 34 heavy (non-hydrogen) atoms. The number of nitrogens with zero attached hydrogens (tertiary/aromatic N) is 1. The van der Waals surface area contributed by atoms with E-state index < -0.39 is 11.9 Å². The van der Waals surface area contributed by atoms with E-state index in [9.17, 15) is 14.9 Å². The number of allylic oxidation sites excluding steroid dienone is 1. The molecule has 0 spiro atoms. The van der Waals surface area contributed by atoms with Crippen LogP contribution in [0.25, 0.3) is 0 Å². The number of aryl methyl sites for hydroxylation is 2. The summed E-state index contributed by atoms with van der Waals surface area (Å²) in [5.74, 6) is -0.865. The van der Waals surface area contributed by atoms with Crippen LogP contribution >= 0.6 is 0 Å². The van der Waals surface area contributed by atoms with E-state index in [0.717, 1.165) is 16.7 Å². The van der Waals surface area contributed by atoms with Crippen molar-refractivity contribution in [1.29, 1.82) is 5.26 Å². The van der Waals surface area contributed by atoms with Gasteiger partial charge in [0.05, 0.1) is 41.5 Å². The summed E-state index contributed by atoms with van der Waals surface area (Å²) in [4.78, 5) is 29.2. The molecule has 7 nitrogen and oxygen atoms in total. The van der Waals surface area contributed by atoms with Crippen molar-refractivity contribution < 1.29 is 14.3 Å². The third-order valence-electron chi connectivity index (χ3n) is 6.01. The lowest BCUT2D eigenvalue weighted by Crippen LogP contribution is -2.30. The number of nitrogens with one attached hydrogen (secondary N) is 2. The van der Waals surface area contributed by atoms with E-state index >= 15 is 0 Å². The van der Waals surface area contributed by atoms with Gasteiger partial charge >= 0.3 is 5.97 Å². The van der Waals surface area contributed by atoms with Gasteiger partial charge in [-0.2, -0.15) is 5.26 Å². The molecular weight excluding hydrogens is 430 g/mol. The van der Waals surface area contributed by atoms with Crippen LogP contribution in [0.5, 0.6) is 5.75 Å². The van der Waals surface area contributed by atoms with Crippen molar-refractivity contribution in [3.8, 4) is 11.8 Å². The van der Waals surface area contributed by atoms with Gasteiger partial charge in [0.25, 0.3) is 5.56 Å². The highest BCUT2D eigenvalue weighted by atomic mass is 16.5. The van der Waals surface area contributed by atoms with Crippen LogP contribution in [-0.2, 0) is 16.1 Å². The molecule has 4 rings (SSSR count). The second kappa shape index (κ2) is 9.28. The smallest absolute Gasteiger partial charge is 0.337 e. The van der Waals surface area contributed by atoms with Gasteiger partial charge in [-0.25, -0.2) is 4.79 Å². The lowest BCUT2D eigenvalue weighted by Gasteiger charge is -2.31. The minimum Gasteiger partial charge on any atom is -0.496 e. The Morgan fingerprint density at radius 1 is 1.12 bits per heavy atom. The number of H-pyrrole nitrogens is 1. The number of carbonyl (C=O) groups is 1. The summed E-state index contributed by atoms with van der Waals surface area (Å²) in [6.07, 6.45) is 1.63. The number of ether oxygens (including phenoxy) is 2. The van der Waals surface area contributed by atoms with Crippen LogP contribution in [0, 0.1) is 25.2 Å². The molecule has 1 atom stereocenters. The van der Waals surface area contributed by atoms with E-state index in [1.54, 1.807) is 31.3 Å². The lowest BCUT2D eigenvalue weighted by molar-refractivity contribution is -0.140. The summed E-state index contributed by atoms with van der Waals surface area (Å²) in [7, 11) is 1.49. The summed E-state index contributed by atoms with van der Waals surface area (Å²) < 4.78 is 11.3. The number of hydrogen-bond acceptors (Lipinski definition) is 6. The van der Waals surface area contributed by atoms with Crippen LogP contribution in [0.15, 0.2) is 64.7 Å². The molecule has 0 saturated carbocycles. The van der Waals surface area contributed by atoms with Gasteiger partial charge in [-0.05, 0) is 44.0 Å². The van der Waals surface area contributed by atoms with Gasteiger partial charge in [-0.1, -0.05) is 35.9 Å². The number of pyridine rings is 1. The van der Waals surface area contributed by atoms with Crippen LogP contribution < -0.4 is 15.6 Å². The van der Waals surface area contributed by atoms with Gasteiger partial charge in [0, 0.05) is 17.5 Å².